The SMILES string of the molecule is COc1cccc2c1C(=O)c1c(O)c3c(c(O)c1C2=O)C[C@@](O)(/C(CO)=N/NC(=O)c1ccc(N2C(=O)C=CC2=O)cc1F)C[C@@H]3O[C@H]1CC(N2CCO[C@@H](OC)C2)[C@H](O)[C@H](C)O1. The van der Waals surface area contributed by atoms with Crippen LogP contribution in [0, 0.1) is 5.82 Å². The number of fused-ring (bicyclic) bond motifs is 3. The average molecular weight is 875 g/mol. The number of methoxy groups -OCH3 is 2. The normalized spacial score (nSPS) is 27.3. The number of anilines is 1. The number of halogens is 1. The first-order valence-electron chi connectivity index (χ1n) is 19.9. The second-order valence-corrected chi connectivity index (χ2v) is 15.7. The van der Waals surface area contributed by atoms with Gasteiger partial charge >= 0.3 is 0 Å². The number of morpholine rings is 1. The maximum atomic E-state index is 15.3. The summed E-state index contributed by atoms with van der Waals surface area (Å²) in [4.78, 5) is 68.4. The highest BCUT2D eigenvalue weighted by Gasteiger charge is 2.50. The number of ether oxygens (including phenoxy) is 5. The van der Waals surface area contributed by atoms with Crippen molar-refractivity contribution < 1.29 is 77.6 Å². The first kappa shape index (κ1) is 43.7. The Labute approximate surface area is 357 Å². The van der Waals surface area contributed by atoms with Crippen LogP contribution in [0.25, 0.3) is 0 Å². The van der Waals surface area contributed by atoms with Crippen molar-refractivity contribution in [3.8, 4) is 17.2 Å². The number of amides is 3. The summed E-state index contributed by atoms with van der Waals surface area (Å²) in [6.45, 7) is 1.63. The van der Waals surface area contributed by atoms with Gasteiger partial charge in [-0.25, -0.2) is 14.7 Å². The Morgan fingerprint density at radius 1 is 1.02 bits per heavy atom. The van der Waals surface area contributed by atoms with Crippen LogP contribution < -0.4 is 15.1 Å². The molecule has 20 heteroatoms. The van der Waals surface area contributed by atoms with Crippen molar-refractivity contribution >= 4 is 40.7 Å². The zero-order valence-electron chi connectivity index (χ0n) is 34.1. The fourth-order valence-corrected chi connectivity index (χ4v) is 8.94. The summed E-state index contributed by atoms with van der Waals surface area (Å²) in [7, 11) is 2.79. The highest BCUT2D eigenvalue weighted by Crippen LogP contribution is 2.53. The first-order valence-corrected chi connectivity index (χ1v) is 19.9. The largest absolute Gasteiger partial charge is 0.507 e. The number of phenolic OH excluding ortho intramolecular Hbond substituents is 2. The van der Waals surface area contributed by atoms with E-state index in [4.69, 9.17) is 23.7 Å². The molecular formula is C43H43FN4O15. The van der Waals surface area contributed by atoms with Crippen molar-refractivity contribution in [3.63, 3.8) is 0 Å². The molecule has 0 aromatic heterocycles. The number of hydrogen-bond acceptors (Lipinski definition) is 17. The number of aromatic hydroxyl groups is 2. The number of carbonyl (C=O) groups is 5. The van der Waals surface area contributed by atoms with E-state index in [9.17, 15) is 49.5 Å². The number of nitrogens with zero attached hydrogens (tertiary/aromatic N) is 3. The van der Waals surface area contributed by atoms with E-state index in [1.165, 1.54) is 32.4 Å². The van der Waals surface area contributed by atoms with E-state index in [1.54, 1.807) is 6.92 Å². The molecule has 1 unspecified atom stereocenters. The zero-order chi connectivity index (χ0) is 45.1. The molecule has 19 nitrogen and oxygen atoms in total. The highest BCUT2D eigenvalue weighted by atomic mass is 19.1. The standard InChI is InChI=1S/C43H43FN4O15/c1-19-37(52)25(47-11-12-61-32(17-47)60-3)14-31(62-19)63-27-16-43(58,28(18-49)45-46-42(57)21-8-7-20(13-24(21)44)48-29(50)9-10-30(48)51)15-23-34(27)41(56)36-35(39(23)54)38(53)22-5-4-6-26(59-2)33(22)40(36)55/h4-10,13,19,25,27,31-32,37,49,52,54,56,58H,11-12,14-18H2,1-3H3,(H,46,57)/b45-28+/t19-,25?,27-,31-,32+,37+,43-/m0/s1. The average Bonchev–Trinajstić information content (AvgIpc) is 3.61. The molecule has 2 aliphatic carbocycles. The number of nitrogens with one attached hydrogen (secondary N) is 1. The van der Waals surface area contributed by atoms with Gasteiger partial charge in [0.05, 0.1) is 72.3 Å². The predicted molar refractivity (Wildman–Crippen MR) is 214 cm³/mol. The molecule has 3 heterocycles. The number of aliphatic hydroxyl groups excluding tert-OH is 2. The summed E-state index contributed by atoms with van der Waals surface area (Å²) >= 11 is 0. The Bertz CT molecular complexity index is 2480. The minimum atomic E-state index is -2.35. The number of rotatable bonds is 10. The van der Waals surface area contributed by atoms with E-state index in [0.717, 1.165) is 30.4 Å². The maximum Gasteiger partial charge on any atom is 0.274 e. The molecule has 5 aliphatic rings. The van der Waals surface area contributed by atoms with Gasteiger partial charge < -0.3 is 49.2 Å². The van der Waals surface area contributed by atoms with E-state index in [2.05, 4.69) is 10.5 Å². The van der Waals surface area contributed by atoms with Gasteiger partial charge in [-0.1, -0.05) is 12.1 Å². The molecule has 2 fully saturated rings. The summed E-state index contributed by atoms with van der Waals surface area (Å²) in [5.41, 5.74) is -3.31. The number of aliphatic hydroxyl groups is 3. The molecule has 0 bridgehead atoms. The number of benzene rings is 3. The number of imide groups is 1. The van der Waals surface area contributed by atoms with Gasteiger partial charge in [0, 0.05) is 74.3 Å². The Morgan fingerprint density at radius 3 is 2.43 bits per heavy atom. The quantitative estimate of drug-likeness (QED) is 0.0565. The molecule has 8 rings (SSSR count). The lowest BCUT2D eigenvalue weighted by molar-refractivity contribution is -0.265. The van der Waals surface area contributed by atoms with Gasteiger partial charge in [0.2, 0.25) is 5.78 Å². The maximum absolute atomic E-state index is 15.3. The van der Waals surface area contributed by atoms with Crippen molar-refractivity contribution in [3.05, 3.63) is 93.3 Å². The Hall–Kier alpha value is -5.97. The molecular weight excluding hydrogens is 831 g/mol. The molecule has 3 aromatic rings. The number of carbonyl (C=O) groups excluding carboxylic acids is 5. The highest BCUT2D eigenvalue weighted by molar-refractivity contribution is 6.31. The number of hydrazone groups is 1. The molecule has 0 radical (unpaired) electrons. The summed E-state index contributed by atoms with van der Waals surface area (Å²) in [5, 5.41) is 62.4. The second kappa shape index (κ2) is 17.0. The molecule has 3 aliphatic heterocycles. The van der Waals surface area contributed by atoms with Crippen LogP contribution in [-0.2, 0) is 35.0 Å². The van der Waals surface area contributed by atoms with Gasteiger partial charge in [-0.15, -0.1) is 0 Å². The van der Waals surface area contributed by atoms with Crippen LogP contribution in [0.15, 0.2) is 53.7 Å². The molecule has 63 heavy (non-hydrogen) atoms. The minimum absolute atomic E-state index is 0.0316. The van der Waals surface area contributed by atoms with Crippen molar-refractivity contribution in [2.75, 3.05) is 45.4 Å². The van der Waals surface area contributed by atoms with E-state index in [0.29, 0.717) is 24.6 Å². The van der Waals surface area contributed by atoms with Gasteiger partial charge in [0.25, 0.3) is 17.7 Å². The van der Waals surface area contributed by atoms with E-state index in [1.807, 2.05) is 4.90 Å². The third-order valence-corrected chi connectivity index (χ3v) is 12.1. The molecule has 2 saturated heterocycles. The van der Waals surface area contributed by atoms with E-state index in [-0.39, 0.29) is 40.1 Å². The van der Waals surface area contributed by atoms with Gasteiger partial charge in [0.1, 0.15) is 28.7 Å². The summed E-state index contributed by atoms with van der Waals surface area (Å²) < 4.78 is 44.3. The van der Waals surface area contributed by atoms with Crippen LogP contribution in [0.5, 0.6) is 17.2 Å². The number of ketones is 2. The zero-order valence-corrected chi connectivity index (χ0v) is 34.1. The lowest BCUT2D eigenvalue weighted by Crippen LogP contribution is -2.59. The van der Waals surface area contributed by atoms with Crippen LogP contribution >= 0.6 is 0 Å². The van der Waals surface area contributed by atoms with Gasteiger partial charge in [-0.3, -0.25) is 28.9 Å². The van der Waals surface area contributed by atoms with Crippen molar-refractivity contribution in [2.45, 2.75) is 68.7 Å². The molecule has 7 atom stereocenters. The number of hydrogen-bond donors (Lipinski definition) is 6. The smallest absolute Gasteiger partial charge is 0.274 e. The van der Waals surface area contributed by atoms with Crippen LogP contribution in [0.2, 0.25) is 0 Å². The molecule has 332 valence electrons. The van der Waals surface area contributed by atoms with Crippen LogP contribution in [0.1, 0.15) is 79.2 Å². The fraction of sp³-hybridized carbons (Fsp3) is 0.395. The van der Waals surface area contributed by atoms with Gasteiger partial charge in [0.15, 0.2) is 18.4 Å². The lowest BCUT2D eigenvalue weighted by Gasteiger charge is -2.47. The van der Waals surface area contributed by atoms with E-state index >= 15 is 4.39 Å². The van der Waals surface area contributed by atoms with Gasteiger partial charge in [-0.05, 0) is 31.2 Å². The summed E-state index contributed by atoms with van der Waals surface area (Å²) in [5.74, 6) is -6.87. The molecule has 3 aromatic carbocycles. The fourth-order valence-electron chi connectivity index (χ4n) is 8.94. The topological polar surface area (TPSA) is 264 Å². The van der Waals surface area contributed by atoms with Gasteiger partial charge in [-0.2, -0.15) is 5.10 Å². The third-order valence-electron chi connectivity index (χ3n) is 12.1. The van der Waals surface area contributed by atoms with Crippen LogP contribution in [0.3, 0.4) is 0 Å². The summed E-state index contributed by atoms with van der Waals surface area (Å²) in [6, 6.07) is 6.68. The van der Waals surface area contributed by atoms with Crippen molar-refractivity contribution in [1.29, 1.82) is 0 Å². The first-order chi connectivity index (χ1) is 30.1. The second-order valence-electron chi connectivity index (χ2n) is 15.7. The predicted octanol–water partition coefficient (Wildman–Crippen LogP) is 1.13. The Balaban J connectivity index is 1.16. The Morgan fingerprint density at radius 2 is 1.75 bits per heavy atom. The van der Waals surface area contributed by atoms with Crippen LogP contribution in [0.4, 0.5) is 10.1 Å². The van der Waals surface area contributed by atoms with Crippen LogP contribution in [-0.4, -0.2) is 142 Å². The summed E-state index contributed by atoms with van der Waals surface area (Å²) in [6.07, 6.45) is -4.25. The molecule has 6 N–H and O–H groups in total. The third kappa shape index (κ3) is 7.57. The van der Waals surface area contributed by atoms with Crippen molar-refractivity contribution in [1.82, 2.24) is 10.3 Å². The molecule has 0 spiro atoms. The van der Waals surface area contributed by atoms with E-state index < -0.39 is 131 Å². The van der Waals surface area contributed by atoms with Crippen molar-refractivity contribution in [2.24, 2.45) is 5.10 Å². The monoisotopic (exact) mass is 874 g/mol. The minimum Gasteiger partial charge on any atom is -0.507 e. The Kier molecular flexibility index (Phi) is 11.8. The molecule has 3 amide bonds. The number of phenols is 2. The lowest BCUT2D eigenvalue weighted by atomic mass is 9.71. The molecule has 0 saturated carbocycles.